The van der Waals surface area contributed by atoms with Crippen LogP contribution in [0.4, 0.5) is 5.82 Å². The molecule has 0 saturated heterocycles. The van der Waals surface area contributed by atoms with E-state index in [2.05, 4.69) is 15.3 Å². The molecule has 1 aromatic carbocycles. The van der Waals surface area contributed by atoms with E-state index in [0.717, 1.165) is 0 Å². The maximum atomic E-state index is 12.4. The van der Waals surface area contributed by atoms with Gasteiger partial charge in [0.25, 0.3) is 5.91 Å². The maximum absolute atomic E-state index is 12.4. The van der Waals surface area contributed by atoms with Crippen LogP contribution in [-0.2, 0) is 11.3 Å². The molecule has 1 atom stereocenters. The van der Waals surface area contributed by atoms with Gasteiger partial charge in [-0.15, -0.1) is 0 Å². The van der Waals surface area contributed by atoms with E-state index >= 15 is 0 Å². The van der Waals surface area contributed by atoms with Crippen molar-refractivity contribution in [2.75, 3.05) is 5.73 Å². The van der Waals surface area contributed by atoms with E-state index in [1.54, 1.807) is 36.5 Å². The van der Waals surface area contributed by atoms with E-state index in [9.17, 15) is 4.79 Å². The number of carbonyl (C=O) groups is 1. The summed E-state index contributed by atoms with van der Waals surface area (Å²) >= 11 is 5.93. The second kappa shape index (κ2) is 7.78. The summed E-state index contributed by atoms with van der Waals surface area (Å²) in [7, 11) is 0. The Morgan fingerprint density at radius 1 is 1.39 bits per heavy atom. The van der Waals surface area contributed by atoms with Crippen LogP contribution in [0, 0.1) is 5.92 Å². The zero-order chi connectivity index (χ0) is 16.8. The molecule has 3 N–H and O–H groups in total. The van der Waals surface area contributed by atoms with Crippen molar-refractivity contribution < 1.29 is 9.53 Å². The van der Waals surface area contributed by atoms with Gasteiger partial charge in [-0.25, -0.2) is 9.97 Å². The summed E-state index contributed by atoms with van der Waals surface area (Å²) in [6.07, 6.45) is 0.904. The highest BCUT2D eigenvalue weighted by molar-refractivity contribution is 6.30. The molecule has 0 aliphatic carbocycles. The topological polar surface area (TPSA) is 90.1 Å². The van der Waals surface area contributed by atoms with Crippen LogP contribution in [0.15, 0.2) is 36.5 Å². The second-order valence-corrected chi connectivity index (χ2v) is 5.79. The van der Waals surface area contributed by atoms with Crippen LogP contribution in [0.5, 0.6) is 5.75 Å². The van der Waals surface area contributed by atoms with Gasteiger partial charge in [0, 0.05) is 11.2 Å². The number of carbonyl (C=O) groups excluding carboxylic acids is 1. The lowest BCUT2D eigenvalue weighted by Gasteiger charge is -2.21. The molecule has 122 valence electrons. The number of nitrogen functional groups attached to an aromatic ring is 1. The van der Waals surface area contributed by atoms with Crippen LogP contribution in [0.25, 0.3) is 0 Å². The van der Waals surface area contributed by atoms with Gasteiger partial charge in [-0.3, -0.25) is 4.79 Å². The number of ether oxygens (including phenoxy) is 1. The van der Waals surface area contributed by atoms with Crippen molar-refractivity contribution in [3.63, 3.8) is 0 Å². The van der Waals surface area contributed by atoms with Gasteiger partial charge >= 0.3 is 0 Å². The predicted octanol–water partition coefficient (Wildman–Crippen LogP) is 2.43. The number of anilines is 1. The fourth-order valence-electron chi connectivity index (χ4n) is 1.95. The number of aromatic nitrogens is 2. The van der Waals surface area contributed by atoms with Gasteiger partial charge in [-0.1, -0.05) is 31.5 Å². The molecule has 1 amide bonds. The minimum absolute atomic E-state index is 0.0178. The van der Waals surface area contributed by atoms with Gasteiger partial charge in [0.05, 0.1) is 6.54 Å². The van der Waals surface area contributed by atoms with Crippen molar-refractivity contribution in [3.8, 4) is 5.75 Å². The molecule has 2 rings (SSSR count). The molecule has 23 heavy (non-hydrogen) atoms. The highest BCUT2D eigenvalue weighted by Crippen LogP contribution is 2.20. The van der Waals surface area contributed by atoms with Crippen LogP contribution in [0.2, 0.25) is 5.02 Å². The molecular weight excluding hydrogens is 316 g/mol. The predicted molar refractivity (Wildman–Crippen MR) is 89.0 cm³/mol. The van der Waals surface area contributed by atoms with Gasteiger partial charge < -0.3 is 15.8 Å². The van der Waals surface area contributed by atoms with E-state index in [-0.39, 0.29) is 18.4 Å². The average molecular weight is 335 g/mol. The number of hydrogen-bond acceptors (Lipinski definition) is 5. The first-order valence-electron chi connectivity index (χ1n) is 7.23. The minimum Gasteiger partial charge on any atom is -0.480 e. The lowest BCUT2D eigenvalue weighted by Crippen LogP contribution is -2.41. The highest BCUT2D eigenvalue weighted by atomic mass is 35.5. The lowest BCUT2D eigenvalue weighted by atomic mass is 10.1. The third-order valence-corrected chi connectivity index (χ3v) is 3.31. The number of rotatable bonds is 6. The Bertz CT molecular complexity index is 679. The molecule has 0 spiro atoms. The summed E-state index contributed by atoms with van der Waals surface area (Å²) in [6.45, 7) is 4.00. The van der Waals surface area contributed by atoms with Gasteiger partial charge in [-0.05, 0) is 30.2 Å². The molecule has 2 aromatic rings. The summed E-state index contributed by atoms with van der Waals surface area (Å²) in [4.78, 5) is 20.5. The van der Waals surface area contributed by atoms with Crippen LogP contribution >= 0.6 is 11.6 Å². The summed E-state index contributed by atoms with van der Waals surface area (Å²) < 4.78 is 5.77. The van der Waals surface area contributed by atoms with Crippen molar-refractivity contribution in [3.05, 3.63) is 47.4 Å². The molecule has 0 aliphatic heterocycles. The summed E-state index contributed by atoms with van der Waals surface area (Å²) in [5.41, 5.74) is 5.59. The molecule has 0 aliphatic rings. The van der Waals surface area contributed by atoms with Crippen LogP contribution in [0.1, 0.15) is 19.7 Å². The van der Waals surface area contributed by atoms with Crippen molar-refractivity contribution in [2.24, 2.45) is 5.92 Å². The quantitative estimate of drug-likeness (QED) is 0.846. The third-order valence-electron chi connectivity index (χ3n) is 3.07. The summed E-state index contributed by atoms with van der Waals surface area (Å²) in [5.74, 6) is 1.09. The van der Waals surface area contributed by atoms with Gasteiger partial charge in [0.15, 0.2) is 6.10 Å². The Balaban J connectivity index is 2.01. The van der Waals surface area contributed by atoms with Crippen molar-refractivity contribution in [2.45, 2.75) is 26.5 Å². The first-order chi connectivity index (χ1) is 11.0. The molecule has 0 bridgehead atoms. The molecule has 1 unspecified atom stereocenters. The van der Waals surface area contributed by atoms with E-state index in [0.29, 0.717) is 22.4 Å². The third kappa shape index (κ3) is 5.10. The van der Waals surface area contributed by atoms with Crippen molar-refractivity contribution >= 4 is 23.3 Å². The average Bonchev–Trinajstić information content (AvgIpc) is 2.50. The minimum atomic E-state index is -0.644. The number of nitrogens with zero attached hydrogens (tertiary/aromatic N) is 2. The lowest BCUT2D eigenvalue weighted by molar-refractivity contribution is -0.130. The Morgan fingerprint density at radius 2 is 2.17 bits per heavy atom. The largest absolute Gasteiger partial charge is 0.480 e. The molecule has 0 fully saturated rings. The molecular formula is C16H19ClN4O2. The Labute approximate surface area is 140 Å². The van der Waals surface area contributed by atoms with E-state index < -0.39 is 6.10 Å². The van der Waals surface area contributed by atoms with Crippen molar-refractivity contribution in [1.82, 2.24) is 15.3 Å². The number of nitrogens with two attached hydrogens (primary N) is 1. The Hall–Kier alpha value is -2.34. The van der Waals surface area contributed by atoms with Crippen molar-refractivity contribution in [1.29, 1.82) is 0 Å². The van der Waals surface area contributed by atoms with E-state index in [1.165, 1.54) is 0 Å². The van der Waals surface area contributed by atoms with Crippen LogP contribution in [-0.4, -0.2) is 22.0 Å². The smallest absolute Gasteiger partial charge is 0.261 e. The maximum Gasteiger partial charge on any atom is 0.261 e. The highest BCUT2D eigenvalue weighted by Gasteiger charge is 2.24. The second-order valence-electron chi connectivity index (χ2n) is 5.36. The number of benzene rings is 1. The monoisotopic (exact) mass is 334 g/mol. The summed E-state index contributed by atoms with van der Waals surface area (Å²) in [5, 5.41) is 3.32. The summed E-state index contributed by atoms with van der Waals surface area (Å²) in [6, 6.07) is 8.54. The fraction of sp³-hybridized carbons (Fsp3) is 0.312. The zero-order valence-electron chi connectivity index (χ0n) is 13.0. The molecule has 1 aromatic heterocycles. The molecule has 0 saturated carbocycles. The van der Waals surface area contributed by atoms with E-state index in [1.807, 2.05) is 13.8 Å². The normalized spacial score (nSPS) is 12.0. The number of hydrogen-bond donors (Lipinski definition) is 2. The Morgan fingerprint density at radius 3 is 2.83 bits per heavy atom. The molecule has 6 nitrogen and oxygen atoms in total. The standard InChI is InChI=1S/C16H19ClN4O2/c1-10(2)15(23-12-5-3-4-11(17)8-12)16(22)20-9-14-19-7-6-13(18)21-14/h3-8,10,15H,9H2,1-2H3,(H,20,22)(H2,18,19,21). The molecule has 0 radical (unpaired) electrons. The van der Waals surface area contributed by atoms with Crippen LogP contribution < -0.4 is 15.8 Å². The zero-order valence-corrected chi connectivity index (χ0v) is 13.7. The Kier molecular flexibility index (Phi) is 5.76. The first-order valence-corrected chi connectivity index (χ1v) is 7.61. The fourth-order valence-corrected chi connectivity index (χ4v) is 2.13. The van der Waals surface area contributed by atoms with Crippen LogP contribution in [0.3, 0.4) is 0 Å². The number of amides is 1. The van der Waals surface area contributed by atoms with Gasteiger partial charge in [0.1, 0.15) is 17.4 Å². The van der Waals surface area contributed by atoms with E-state index in [4.69, 9.17) is 22.1 Å². The number of nitrogens with one attached hydrogen (secondary N) is 1. The molecule has 7 heteroatoms. The SMILES string of the molecule is CC(C)C(Oc1cccc(Cl)c1)C(=O)NCc1nccc(N)n1. The van der Waals surface area contributed by atoms with Gasteiger partial charge in [0.2, 0.25) is 0 Å². The van der Waals surface area contributed by atoms with Gasteiger partial charge in [-0.2, -0.15) is 0 Å². The molecule has 1 heterocycles. The first kappa shape index (κ1) is 17.0. The number of halogens is 1.